The highest BCUT2D eigenvalue weighted by Gasteiger charge is 2.11. The van der Waals surface area contributed by atoms with Crippen LogP contribution in [-0.2, 0) is 0 Å². The number of carboxylic acid groups (broad SMARTS) is 1. The number of hydrogen-bond donors (Lipinski definition) is 3. The molecule has 0 spiro atoms. The van der Waals surface area contributed by atoms with Crippen LogP contribution in [0.4, 0.5) is 0 Å². The fourth-order valence-corrected chi connectivity index (χ4v) is 1.40. The van der Waals surface area contributed by atoms with Crippen molar-refractivity contribution in [2.24, 2.45) is 0 Å². The number of methoxy groups -OCH3 is 1. The number of rotatable bonds is 7. The smallest absolute Gasteiger partial charge is 0.335 e. The molecular formula is C12H17NO5. The van der Waals surface area contributed by atoms with Crippen molar-refractivity contribution in [2.45, 2.75) is 6.10 Å². The molecule has 0 bridgehead atoms. The lowest BCUT2D eigenvalue weighted by atomic mass is 10.2. The molecule has 0 radical (unpaired) electrons. The zero-order chi connectivity index (χ0) is 13.5. The molecule has 0 amide bonds. The van der Waals surface area contributed by atoms with Gasteiger partial charge < -0.3 is 25.0 Å². The molecule has 6 heteroatoms. The van der Waals surface area contributed by atoms with E-state index in [0.717, 1.165) is 0 Å². The Morgan fingerprint density at radius 2 is 2.17 bits per heavy atom. The molecule has 1 aromatic rings. The highest BCUT2D eigenvalue weighted by Crippen LogP contribution is 2.28. The molecule has 0 aliphatic rings. The van der Waals surface area contributed by atoms with E-state index in [1.165, 1.54) is 25.3 Å². The summed E-state index contributed by atoms with van der Waals surface area (Å²) in [4.78, 5) is 10.8. The van der Waals surface area contributed by atoms with Gasteiger partial charge in [0, 0.05) is 6.54 Å². The third-order valence-corrected chi connectivity index (χ3v) is 2.28. The van der Waals surface area contributed by atoms with Gasteiger partial charge >= 0.3 is 5.97 Å². The number of ether oxygens (including phenoxy) is 2. The molecule has 1 atom stereocenters. The van der Waals surface area contributed by atoms with Gasteiger partial charge in [0.1, 0.15) is 12.7 Å². The van der Waals surface area contributed by atoms with Gasteiger partial charge in [0.15, 0.2) is 11.5 Å². The number of carbonyl (C=O) groups is 1. The minimum Gasteiger partial charge on any atom is -0.493 e. The van der Waals surface area contributed by atoms with Crippen LogP contribution in [0.1, 0.15) is 10.4 Å². The van der Waals surface area contributed by atoms with Gasteiger partial charge in [-0.05, 0) is 25.2 Å². The van der Waals surface area contributed by atoms with Crippen LogP contribution in [0.25, 0.3) is 0 Å². The monoisotopic (exact) mass is 255 g/mol. The molecule has 0 aliphatic heterocycles. The summed E-state index contributed by atoms with van der Waals surface area (Å²) in [6.45, 7) is 0.513. The van der Waals surface area contributed by atoms with E-state index >= 15 is 0 Å². The molecule has 0 saturated carbocycles. The molecule has 0 heterocycles. The number of nitrogens with one attached hydrogen (secondary N) is 1. The average Bonchev–Trinajstić information content (AvgIpc) is 2.36. The Balaban J connectivity index is 2.73. The normalized spacial score (nSPS) is 11.9. The first-order valence-electron chi connectivity index (χ1n) is 5.45. The van der Waals surface area contributed by atoms with Gasteiger partial charge in [-0.1, -0.05) is 0 Å². The van der Waals surface area contributed by atoms with Crippen LogP contribution in [0.2, 0.25) is 0 Å². The third-order valence-electron chi connectivity index (χ3n) is 2.28. The van der Waals surface area contributed by atoms with E-state index in [1.807, 2.05) is 0 Å². The number of benzene rings is 1. The predicted octanol–water partition coefficient (Wildman–Crippen LogP) is 0.352. The Morgan fingerprint density at radius 3 is 2.72 bits per heavy atom. The van der Waals surface area contributed by atoms with Gasteiger partial charge in [-0.15, -0.1) is 0 Å². The van der Waals surface area contributed by atoms with Crippen molar-refractivity contribution in [3.8, 4) is 11.5 Å². The minimum absolute atomic E-state index is 0.101. The fourth-order valence-electron chi connectivity index (χ4n) is 1.40. The molecule has 1 rings (SSSR count). The Morgan fingerprint density at radius 1 is 1.44 bits per heavy atom. The summed E-state index contributed by atoms with van der Waals surface area (Å²) in [7, 11) is 3.16. The number of aliphatic hydroxyl groups is 1. The van der Waals surface area contributed by atoms with Crippen LogP contribution in [-0.4, -0.2) is 49.6 Å². The van der Waals surface area contributed by atoms with Crippen molar-refractivity contribution in [3.05, 3.63) is 23.8 Å². The summed E-state index contributed by atoms with van der Waals surface area (Å²) < 4.78 is 10.4. The minimum atomic E-state index is -1.03. The van der Waals surface area contributed by atoms with E-state index in [9.17, 15) is 9.90 Å². The van der Waals surface area contributed by atoms with Crippen LogP contribution < -0.4 is 14.8 Å². The molecule has 6 nitrogen and oxygen atoms in total. The molecule has 0 saturated heterocycles. The third kappa shape index (κ3) is 3.90. The Hall–Kier alpha value is -1.79. The Kier molecular flexibility index (Phi) is 5.41. The maximum atomic E-state index is 10.8. The van der Waals surface area contributed by atoms with E-state index in [-0.39, 0.29) is 12.2 Å². The molecule has 0 aliphatic carbocycles. The topological polar surface area (TPSA) is 88.0 Å². The number of likely N-dealkylation sites (N-methyl/N-ethyl adjacent to an activating group) is 1. The first-order valence-corrected chi connectivity index (χ1v) is 5.45. The fraction of sp³-hybridized carbons (Fsp3) is 0.417. The van der Waals surface area contributed by atoms with Gasteiger partial charge in [-0.25, -0.2) is 4.79 Å². The molecule has 0 fully saturated rings. The maximum Gasteiger partial charge on any atom is 0.335 e. The summed E-state index contributed by atoms with van der Waals surface area (Å²) in [5.74, 6) is -0.306. The van der Waals surface area contributed by atoms with Crippen molar-refractivity contribution >= 4 is 5.97 Å². The van der Waals surface area contributed by atoms with Crippen molar-refractivity contribution in [1.82, 2.24) is 5.32 Å². The molecule has 100 valence electrons. The average molecular weight is 255 g/mol. The lowest BCUT2D eigenvalue weighted by Crippen LogP contribution is -2.29. The second-order valence-corrected chi connectivity index (χ2v) is 3.69. The highest BCUT2D eigenvalue weighted by atomic mass is 16.5. The standard InChI is InChI=1S/C12H17NO5/c1-13-6-9(14)7-18-10-4-3-8(12(15)16)5-11(10)17-2/h3-5,9,13-14H,6-7H2,1-2H3,(H,15,16). The lowest BCUT2D eigenvalue weighted by molar-refractivity contribution is 0.0696. The quantitative estimate of drug-likeness (QED) is 0.651. The van der Waals surface area contributed by atoms with Crippen molar-refractivity contribution in [1.29, 1.82) is 0 Å². The van der Waals surface area contributed by atoms with Crippen molar-refractivity contribution in [2.75, 3.05) is 27.3 Å². The Labute approximate surface area is 105 Å². The van der Waals surface area contributed by atoms with Gasteiger partial charge in [-0.2, -0.15) is 0 Å². The summed E-state index contributed by atoms with van der Waals surface area (Å²) >= 11 is 0. The second-order valence-electron chi connectivity index (χ2n) is 3.69. The molecule has 3 N–H and O–H groups in total. The van der Waals surface area contributed by atoms with Gasteiger partial charge in [0.05, 0.1) is 12.7 Å². The summed E-state index contributed by atoms with van der Waals surface area (Å²) in [5.41, 5.74) is 0.120. The largest absolute Gasteiger partial charge is 0.493 e. The predicted molar refractivity (Wildman–Crippen MR) is 65.4 cm³/mol. The summed E-state index contributed by atoms with van der Waals surface area (Å²) in [6, 6.07) is 4.31. The first kappa shape index (κ1) is 14.3. The van der Waals surface area contributed by atoms with Crippen LogP contribution >= 0.6 is 0 Å². The zero-order valence-electron chi connectivity index (χ0n) is 10.3. The van der Waals surface area contributed by atoms with Gasteiger partial charge in [0.25, 0.3) is 0 Å². The van der Waals surface area contributed by atoms with Gasteiger partial charge in [-0.3, -0.25) is 0 Å². The molecular weight excluding hydrogens is 238 g/mol. The van der Waals surface area contributed by atoms with Crippen LogP contribution in [0.15, 0.2) is 18.2 Å². The molecule has 0 aromatic heterocycles. The Bertz CT molecular complexity index is 407. The summed E-state index contributed by atoms with van der Waals surface area (Å²) in [6.07, 6.45) is -0.640. The number of aromatic carboxylic acids is 1. The van der Waals surface area contributed by atoms with Crippen LogP contribution in [0, 0.1) is 0 Å². The second kappa shape index (κ2) is 6.83. The van der Waals surface area contributed by atoms with Crippen LogP contribution in [0.5, 0.6) is 11.5 Å². The SMILES string of the molecule is CNCC(O)COc1ccc(C(=O)O)cc1OC. The van der Waals surface area contributed by atoms with E-state index < -0.39 is 12.1 Å². The first-order chi connectivity index (χ1) is 8.58. The lowest BCUT2D eigenvalue weighted by Gasteiger charge is -2.14. The van der Waals surface area contributed by atoms with E-state index in [2.05, 4.69) is 5.32 Å². The molecule has 1 unspecified atom stereocenters. The zero-order valence-corrected chi connectivity index (χ0v) is 10.3. The van der Waals surface area contributed by atoms with Crippen LogP contribution in [0.3, 0.4) is 0 Å². The maximum absolute atomic E-state index is 10.8. The van der Waals surface area contributed by atoms with E-state index in [4.69, 9.17) is 14.6 Å². The van der Waals surface area contributed by atoms with Crippen molar-refractivity contribution < 1.29 is 24.5 Å². The van der Waals surface area contributed by atoms with Crippen molar-refractivity contribution in [3.63, 3.8) is 0 Å². The number of carboxylic acids is 1. The van der Waals surface area contributed by atoms with E-state index in [1.54, 1.807) is 7.05 Å². The molecule has 1 aromatic carbocycles. The highest BCUT2D eigenvalue weighted by molar-refractivity contribution is 5.88. The van der Waals surface area contributed by atoms with E-state index in [0.29, 0.717) is 18.0 Å². The number of hydrogen-bond acceptors (Lipinski definition) is 5. The van der Waals surface area contributed by atoms with Gasteiger partial charge in [0.2, 0.25) is 0 Å². The molecule has 18 heavy (non-hydrogen) atoms. The summed E-state index contributed by atoms with van der Waals surface area (Å²) in [5, 5.41) is 21.2. The number of aliphatic hydroxyl groups excluding tert-OH is 1.